The van der Waals surface area contributed by atoms with E-state index in [2.05, 4.69) is 38.1 Å². The van der Waals surface area contributed by atoms with Gasteiger partial charge in [0.15, 0.2) is 0 Å². The van der Waals surface area contributed by atoms with E-state index in [9.17, 15) is 0 Å². The van der Waals surface area contributed by atoms with Crippen LogP contribution in [-0.2, 0) is 0 Å². The Morgan fingerprint density at radius 1 is 0.486 bits per heavy atom. The molecule has 0 bridgehead atoms. The second-order valence-corrected chi connectivity index (χ2v) is 10.8. The zero-order valence-corrected chi connectivity index (χ0v) is 23.5. The second-order valence-electron chi connectivity index (χ2n) is 10.5. The number of aromatic nitrogens is 3. The van der Waals surface area contributed by atoms with Crippen LogP contribution in [0.15, 0.2) is 23.5 Å². The maximum Gasteiger partial charge on any atom is 0.350 e. The summed E-state index contributed by atoms with van der Waals surface area (Å²) in [7, 11) is 0. The molecule has 3 rings (SSSR count). The molecule has 7 nitrogen and oxygen atoms in total. The fourth-order valence-corrected chi connectivity index (χ4v) is 5.11. The van der Waals surface area contributed by atoms with E-state index in [1.54, 1.807) is 0 Å². The molecule has 0 aromatic carbocycles. The third-order valence-corrected chi connectivity index (χ3v) is 7.36. The topological polar surface area (TPSA) is 81.2 Å². The molecule has 0 fully saturated rings. The van der Waals surface area contributed by atoms with E-state index in [0.29, 0.717) is 0 Å². The number of nitrogens with one attached hydrogen (secondary N) is 2. The highest BCUT2D eigenvalue weighted by Crippen LogP contribution is 2.19. The third-order valence-electron chi connectivity index (χ3n) is 7.20. The van der Waals surface area contributed by atoms with Crippen LogP contribution in [0.5, 0.6) is 12.0 Å². The second kappa shape index (κ2) is 19.1. The smallest absolute Gasteiger partial charge is 0.340 e. The first kappa shape index (κ1) is 29.5. The number of hydroxylamine groups is 2. The zero-order chi connectivity index (χ0) is 25.8. The number of nitrogens with zero attached hydrogens (tertiary/aromatic N) is 3. The molecule has 0 aliphatic heterocycles. The first-order chi connectivity index (χ1) is 18.3. The Morgan fingerprint density at radius 3 is 1.24 bits per heavy atom. The summed E-state index contributed by atoms with van der Waals surface area (Å²) in [6.07, 6.45) is 31.8. The highest BCUT2D eigenvalue weighted by Gasteiger charge is 2.10. The first-order valence-electron chi connectivity index (χ1n) is 14.9. The van der Waals surface area contributed by atoms with Crippen molar-refractivity contribution in [1.29, 1.82) is 0 Å². The predicted molar refractivity (Wildman–Crippen MR) is 150 cm³/mol. The van der Waals surface area contributed by atoms with Gasteiger partial charge in [-0.1, -0.05) is 102 Å². The van der Waals surface area contributed by atoms with Crippen molar-refractivity contribution in [1.82, 2.24) is 25.9 Å². The highest BCUT2D eigenvalue weighted by molar-refractivity contribution is 6.28. The van der Waals surface area contributed by atoms with E-state index in [4.69, 9.17) is 21.3 Å². The lowest BCUT2D eigenvalue weighted by atomic mass is 10.1. The Balaban J connectivity index is 1.52. The van der Waals surface area contributed by atoms with Crippen LogP contribution in [0.1, 0.15) is 141 Å². The van der Waals surface area contributed by atoms with Crippen molar-refractivity contribution in [3.8, 4) is 12.0 Å². The lowest BCUT2D eigenvalue weighted by Gasteiger charge is -2.13. The molecule has 37 heavy (non-hydrogen) atoms. The minimum Gasteiger partial charge on any atom is -0.340 e. The Labute approximate surface area is 229 Å². The van der Waals surface area contributed by atoms with Crippen molar-refractivity contribution in [3.05, 3.63) is 28.8 Å². The van der Waals surface area contributed by atoms with Gasteiger partial charge in [-0.2, -0.15) is 9.97 Å². The molecule has 0 saturated carbocycles. The van der Waals surface area contributed by atoms with Crippen molar-refractivity contribution in [2.75, 3.05) is 0 Å². The Bertz CT molecular complexity index is 755. The van der Waals surface area contributed by atoms with E-state index in [1.807, 2.05) is 0 Å². The van der Waals surface area contributed by atoms with Crippen LogP contribution in [0.2, 0.25) is 5.28 Å². The van der Waals surface area contributed by atoms with Crippen molar-refractivity contribution in [2.24, 2.45) is 0 Å². The standard InChI is InChI=1S/C29H48ClN5O2/c30-27-31-28(36-34-25-21-17-13-9-5-1-2-6-10-14-18-22-25)33-29(32-27)37-35-26-23-19-15-11-7-3-4-8-12-16-20-24-26/h21,23,34-35H,1-20,22,24H2. The summed E-state index contributed by atoms with van der Waals surface area (Å²) in [4.78, 5) is 24.0. The lowest BCUT2D eigenvalue weighted by Crippen LogP contribution is -2.22. The van der Waals surface area contributed by atoms with Gasteiger partial charge in [-0.25, -0.2) is 11.0 Å². The van der Waals surface area contributed by atoms with Crippen LogP contribution < -0.4 is 20.6 Å². The molecule has 2 N–H and O–H groups in total. The summed E-state index contributed by atoms with van der Waals surface area (Å²) in [6, 6.07) is 0.203. The Kier molecular flexibility index (Phi) is 15.3. The number of hydrogen-bond donors (Lipinski definition) is 2. The van der Waals surface area contributed by atoms with Gasteiger partial charge in [0.1, 0.15) is 0 Å². The number of halogens is 1. The monoisotopic (exact) mass is 533 g/mol. The van der Waals surface area contributed by atoms with Crippen LogP contribution in [0.4, 0.5) is 0 Å². The minimum atomic E-state index is 0.0384. The van der Waals surface area contributed by atoms with Gasteiger partial charge in [-0.05, 0) is 63.0 Å². The zero-order valence-electron chi connectivity index (χ0n) is 22.7. The molecule has 0 unspecified atom stereocenters. The average molecular weight is 534 g/mol. The molecule has 2 aliphatic carbocycles. The quantitative estimate of drug-likeness (QED) is 0.354. The molecule has 0 saturated heterocycles. The average Bonchev–Trinajstić information content (AvgIpc) is 2.94. The van der Waals surface area contributed by atoms with Crippen molar-refractivity contribution < 1.29 is 9.68 Å². The van der Waals surface area contributed by atoms with Gasteiger partial charge in [0, 0.05) is 11.4 Å². The summed E-state index contributed by atoms with van der Waals surface area (Å²) < 4.78 is 0. The SMILES string of the molecule is Clc1nc(ONC2=CCCCCCCCCCCC2)nc(ONC2=CCCCCCCCCCCC2)n1. The van der Waals surface area contributed by atoms with Gasteiger partial charge in [-0.3, -0.25) is 0 Å². The number of rotatable bonds is 6. The summed E-state index contributed by atoms with van der Waals surface area (Å²) in [5.41, 5.74) is 8.29. The molecule has 0 radical (unpaired) electrons. The summed E-state index contributed by atoms with van der Waals surface area (Å²) in [5, 5.41) is 0.0384. The van der Waals surface area contributed by atoms with Gasteiger partial charge in [-0.15, -0.1) is 4.98 Å². The van der Waals surface area contributed by atoms with Gasteiger partial charge in [0.05, 0.1) is 0 Å². The summed E-state index contributed by atoms with van der Waals surface area (Å²) in [6.45, 7) is 0. The lowest BCUT2D eigenvalue weighted by molar-refractivity contribution is 0.178. The maximum atomic E-state index is 6.16. The van der Waals surface area contributed by atoms with Crippen LogP contribution in [0.25, 0.3) is 0 Å². The molecule has 1 aromatic heterocycles. The van der Waals surface area contributed by atoms with Crippen LogP contribution in [0, 0.1) is 0 Å². The van der Waals surface area contributed by atoms with E-state index >= 15 is 0 Å². The van der Waals surface area contributed by atoms with E-state index < -0.39 is 0 Å². The summed E-state index contributed by atoms with van der Waals surface area (Å²) >= 11 is 6.16. The summed E-state index contributed by atoms with van der Waals surface area (Å²) in [5.74, 6) is 0. The van der Waals surface area contributed by atoms with E-state index in [0.717, 1.165) is 49.9 Å². The van der Waals surface area contributed by atoms with Gasteiger partial charge >= 0.3 is 12.0 Å². The molecule has 0 spiro atoms. The van der Waals surface area contributed by atoms with Crippen molar-refractivity contribution >= 4 is 11.6 Å². The third kappa shape index (κ3) is 13.9. The molecule has 8 heteroatoms. The normalized spacial score (nSPS) is 20.1. The highest BCUT2D eigenvalue weighted by atomic mass is 35.5. The molecule has 0 atom stereocenters. The van der Waals surface area contributed by atoms with E-state index in [-0.39, 0.29) is 17.3 Å². The largest absolute Gasteiger partial charge is 0.350 e. The van der Waals surface area contributed by atoms with Crippen molar-refractivity contribution in [2.45, 2.75) is 141 Å². The van der Waals surface area contributed by atoms with Gasteiger partial charge in [0.25, 0.3) is 0 Å². The van der Waals surface area contributed by atoms with Gasteiger partial charge < -0.3 is 9.68 Å². The van der Waals surface area contributed by atoms with Crippen LogP contribution >= 0.6 is 11.6 Å². The molecular formula is C29H48ClN5O2. The maximum absolute atomic E-state index is 6.16. The Hall–Kier alpha value is -2.02. The minimum absolute atomic E-state index is 0.0384. The van der Waals surface area contributed by atoms with Crippen LogP contribution in [0.3, 0.4) is 0 Å². The van der Waals surface area contributed by atoms with Crippen molar-refractivity contribution in [3.63, 3.8) is 0 Å². The molecule has 1 aromatic rings. The molecule has 1 heterocycles. The predicted octanol–water partition coefficient (Wildman–Crippen LogP) is 8.67. The molecule has 208 valence electrons. The molecular weight excluding hydrogens is 486 g/mol. The van der Waals surface area contributed by atoms with Gasteiger partial charge in [0.2, 0.25) is 5.28 Å². The molecule has 2 aliphatic rings. The van der Waals surface area contributed by atoms with E-state index in [1.165, 1.54) is 103 Å². The Morgan fingerprint density at radius 2 is 0.838 bits per heavy atom. The number of allylic oxidation sites excluding steroid dienone is 4. The first-order valence-corrected chi connectivity index (χ1v) is 15.3. The molecule has 0 amide bonds. The fourth-order valence-electron chi connectivity index (χ4n) is 4.96. The number of hydrogen-bond acceptors (Lipinski definition) is 7. The van der Waals surface area contributed by atoms with Crippen LogP contribution in [-0.4, -0.2) is 15.0 Å². The fraction of sp³-hybridized carbons (Fsp3) is 0.759.